The van der Waals surface area contributed by atoms with E-state index < -0.39 is 0 Å². The molecular formula is C26H21N3O4. The van der Waals surface area contributed by atoms with Crippen LogP contribution in [-0.2, 0) is 6.54 Å². The predicted molar refractivity (Wildman–Crippen MR) is 122 cm³/mol. The molecule has 3 aromatic rings. The number of rotatable bonds is 6. The van der Waals surface area contributed by atoms with Gasteiger partial charge in [-0.25, -0.2) is 0 Å². The summed E-state index contributed by atoms with van der Waals surface area (Å²) < 4.78 is 0. The minimum absolute atomic E-state index is 0.0816. The molecule has 1 heterocycles. The Morgan fingerprint density at radius 2 is 1.45 bits per heavy atom. The van der Waals surface area contributed by atoms with Gasteiger partial charge in [0.1, 0.15) is 0 Å². The Morgan fingerprint density at radius 1 is 0.788 bits per heavy atom. The Morgan fingerprint density at radius 3 is 2.09 bits per heavy atom. The van der Waals surface area contributed by atoms with E-state index >= 15 is 0 Å². The molecule has 1 aliphatic heterocycles. The third-order valence-electron chi connectivity index (χ3n) is 5.73. The van der Waals surface area contributed by atoms with Gasteiger partial charge in [0.25, 0.3) is 23.6 Å². The van der Waals surface area contributed by atoms with Crippen LogP contribution in [0, 0.1) is 0 Å². The van der Waals surface area contributed by atoms with Crippen molar-refractivity contribution in [2.24, 2.45) is 0 Å². The number of nitrogens with one attached hydrogen (secondary N) is 2. The number of fused-ring (bicyclic) bond motifs is 1. The van der Waals surface area contributed by atoms with Gasteiger partial charge >= 0.3 is 0 Å². The topological polar surface area (TPSA) is 95.6 Å². The van der Waals surface area contributed by atoms with Crippen molar-refractivity contribution in [2.45, 2.75) is 25.4 Å². The van der Waals surface area contributed by atoms with E-state index in [9.17, 15) is 19.2 Å². The van der Waals surface area contributed by atoms with Crippen molar-refractivity contribution < 1.29 is 19.2 Å². The summed E-state index contributed by atoms with van der Waals surface area (Å²) in [7, 11) is 0. The normalized spacial score (nSPS) is 14.7. The number of amides is 4. The monoisotopic (exact) mass is 439 g/mol. The average Bonchev–Trinajstić information content (AvgIpc) is 3.62. The first kappa shape index (κ1) is 20.6. The summed E-state index contributed by atoms with van der Waals surface area (Å²) in [4.78, 5) is 51.2. The maximum Gasteiger partial charge on any atom is 0.261 e. The molecule has 0 unspecified atom stereocenters. The van der Waals surface area contributed by atoms with Gasteiger partial charge in [-0.3, -0.25) is 24.1 Å². The van der Waals surface area contributed by atoms with Crippen molar-refractivity contribution in [3.05, 3.63) is 101 Å². The van der Waals surface area contributed by atoms with E-state index in [1.54, 1.807) is 72.8 Å². The van der Waals surface area contributed by atoms with Crippen molar-refractivity contribution in [3.8, 4) is 0 Å². The number of hydrogen-bond donors (Lipinski definition) is 2. The first-order valence-corrected chi connectivity index (χ1v) is 10.8. The number of benzene rings is 3. The number of carbonyl (C=O) groups is 4. The SMILES string of the molecule is O=C(Nc1ccc(C(=O)NC2CC2)cc1)c1cccc(CN2C(=O)c3ccccc3C2=O)c1. The maximum atomic E-state index is 12.7. The lowest BCUT2D eigenvalue weighted by Gasteiger charge is -2.14. The minimum Gasteiger partial charge on any atom is -0.349 e. The maximum absolute atomic E-state index is 12.7. The van der Waals surface area contributed by atoms with Gasteiger partial charge in [-0.15, -0.1) is 0 Å². The van der Waals surface area contributed by atoms with Gasteiger partial charge in [0.05, 0.1) is 17.7 Å². The van der Waals surface area contributed by atoms with Crippen LogP contribution in [0.2, 0.25) is 0 Å². The second-order valence-corrected chi connectivity index (χ2v) is 8.22. The van der Waals surface area contributed by atoms with Crippen LogP contribution in [0.1, 0.15) is 59.8 Å². The zero-order chi connectivity index (χ0) is 22.9. The Bertz CT molecular complexity index is 1240. The fraction of sp³-hybridized carbons (Fsp3) is 0.154. The third kappa shape index (κ3) is 4.25. The molecule has 33 heavy (non-hydrogen) atoms. The zero-order valence-corrected chi connectivity index (χ0v) is 17.7. The summed E-state index contributed by atoms with van der Waals surface area (Å²) in [6, 6.07) is 20.5. The van der Waals surface area contributed by atoms with Crippen LogP contribution in [0.15, 0.2) is 72.8 Å². The molecule has 2 aliphatic rings. The highest BCUT2D eigenvalue weighted by Crippen LogP contribution is 2.24. The van der Waals surface area contributed by atoms with Crippen molar-refractivity contribution in [2.75, 3.05) is 5.32 Å². The molecule has 3 aromatic carbocycles. The zero-order valence-electron chi connectivity index (χ0n) is 17.7. The second kappa shape index (κ2) is 8.35. The first-order valence-electron chi connectivity index (χ1n) is 10.8. The predicted octanol–water partition coefficient (Wildman–Crippen LogP) is 3.63. The van der Waals surface area contributed by atoms with Crippen molar-refractivity contribution in [1.29, 1.82) is 0 Å². The molecule has 1 aliphatic carbocycles. The Balaban J connectivity index is 1.25. The summed E-state index contributed by atoms with van der Waals surface area (Å²) >= 11 is 0. The molecule has 1 fully saturated rings. The number of hydrogen-bond acceptors (Lipinski definition) is 4. The second-order valence-electron chi connectivity index (χ2n) is 8.22. The fourth-order valence-electron chi connectivity index (χ4n) is 3.78. The van der Waals surface area contributed by atoms with E-state index in [1.165, 1.54) is 4.90 Å². The molecule has 0 saturated heterocycles. The molecule has 0 aromatic heterocycles. The average molecular weight is 439 g/mol. The summed E-state index contributed by atoms with van der Waals surface area (Å²) in [5, 5.41) is 5.74. The van der Waals surface area contributed by atoms with Gasteiger partial charge in [0.15, 0.2) is 0 Å². The van der Waals surface area contributed by atoms with Crippen molar-refractivity contribution in [3.63, 3.8) is 0 Å². The Hall–Kier alpha value is -4.26. The van der Waals surface area contributed by atoms with Crippen LogP contribution in [0.3, 0.4) is 0 Å². The van der Waals surface area contributed by atoms with Crippen LogP contribution in [-0.4, -0.2) is 34.6 Å². The van der Waals surface area contributed by atoms with E-state index in [1.807, 2.05) is 0 Å². The van der Waals surface area contributed by atoms with Crippen LogP contribution in [0.5, 0.6) is 0 Å². The lowest BCUT2D eigenvalue weighted by molar-refractivity contribution is 0.0642. The number of anilines is 1. The van der Waals surface area contributed by atoms with Crippen LogP contribution in [0.25, 0.3) is 0 Å². The summed E-state index contributed by atoms with van der Waals surface area (Å²) in [5.41, 5.74) is 2.97. The molecular weight excluding hydrogens is 418 g/mol. The number of nitrogens with zero attached hydrogens (tertiary/aromatic N) is 1. The standard InChI is InChI=1S/C26H21N3O4/c30-23(27-20-12-13-20)17-8-10-19(11-9-17)28-24(31)18-5-3-4-16(14-18)15-29-25(32)21-6-1-2-7-22(21)26(29)33/h1-11,14,20H,12-13,15H2,(H,27,30)(H,28,31). The van der Waals surface area contributed by atoms with Gasteiger partial charge < -0.3 is 10.6 Å². The highest BCUT2D eigenvalue weighted by Gasteiger charge is 2.35. The van der Waals surface area contributed by atoms with Crippen LogP contribution in [0.4, 0.5) is 5.69 Å². The number of imide groups is 1. The summed E-state index contributed by atoms with van der Waals surface area (Å²) in [5.74, 6) is -1.11. The third-order valence-corrected chi connectivity index (χ3v) is 5.73. The summed E-state index contributed by atoms with van der Waals surface area (Å²) in [6.45, 7) is 0.0816. The minimum atomic E-state index is -0.337. The van der Waals surface area contributed by atoms with E-state index in [0.29, 0.717) is 33.5 Å². The molecule has 1 saturated carbocycles. The quantitative estimate of drug-likeness (QED) is 0.574. The molecule has 2 N–H and O–H groups in total. The smallest absolute Gasteiger partial charge is 0.261 e. The van der Waals surface area contributed by atoms with E-state index in [-0.39, 0.29) is 36.2 Å². The Kier molecular flexibility index (Phi) is 5.22. The van der Waals surface area contributed by atoms with Gasteiger partial charge in [0.2, 0.25) is 0 Å². The molecule has 164 valence electrons. The van der Waals surface area contributed by atoms with Crippen molar-refractivity contribution >= 4 is 29.3 Å². The van der Waals surface area contributed by atoms with E-state index in [0.717, 1.165) is 12.8 Å². The fourth-order valence-corrected chi connectivity index (χ4v) is 3.78. The molecule has 0 radical (unpaired) electrons. The van der Waals surface area contributed by atoms with Crippen LogP contribution < -0.4 is 10.6 Å². The molecule has 5 rings (SSSR count). The van der Waals surface area contributed by atoms with Gasteiger partial charge in [0, 0.05) is 22.9 Å². The molecule has 7 heteroatoms. The molecule has 0 atom stereocenters. The first-order chi connectivity index (χ1) is 16.0. The van der Waals surface area contributed by atoms with Gasteiger partial charge in [-0.2, -0.15) is 0 Å². The van der Waals surface area contributed by atoms with Gasteiger partial charge in [-0.05, 0) is 66.9 Å². The molecule has 0 spiro atoms. The summed E-state index contributed by atoms with van der Waals surface area (Å²) in [6.07, 6.45) is 2.04. The lowest BCUT2D eigenvalue weighted by atomic mass is 10.1. The van der Waals surface area contributed by atoms with Crippen molar-refractivity contribution in [1.82, 2.24) is 10.2 Å². The highest BCUT2D eigenvalue weighted by atomic mass is 16.2. The highest BCUT2D eigenvalue weighted by molar-refractivity contribution is 6.21. The van der Waals surface area contributed by atoms with Crippen LogP contribution >= 0.6 is 0 Å². The molecule has 0 bridgehead atoms. The largest absolute Gasteiger partial charge is 0.349 e. The Labute approximate surface area is 190 Å². The van der Waals surface area contributed by atoms with E-state index in [4.69, 9.17) is 0 Å². The molecule has 4 amide bonds. The molecule has 7 nitrogen and oxygen atoms in total. The lowest BCUT2D eigenvalue weighted by Crippen LogP contribution is -2.29. The van der Waals surface area contributed by atoms with Gasteiger partial charge in [-0.1, -0.05) is 24.3 Å². The van der Waals surface area contributed by atoms with E-state index in [2.05, 4.69) is 10.6 Å². The number of carbonyl (C=O) groups excluding carboxylic acids is 4.